The topological polar surface area (TPSA) is 74.2 Å². The SMILES string of the molecule is CCCCOP(=O)(CC(=NC(C)=O)OCC)OCCCC. The lowest BCUT2D eigenvalue weighted by Gasteiger charge is -2.19. The maximum atomic E-state index is 12.7. The predicted octanol–water partition coefficient (Wildman–Crippen LogP) is 3.79. The summed E-state index contributed by atoms with van der Waals surface area (Å²) < 4.78 is 28.8. The van der Waals surface area contributed by atoms with E-state index >= 15 is 0 Å². The molecule has 0 bridgehead atoms. The Kier molecular flexibility index (Phi) is 11.5. The fraction of sp³-hybridized carbons (Fsp3) is 0.857. The maximum Gasteiger partial charge on any atom is 0.339 e. The molecule has 0 aromatic heterocycles. The van der Waals surface area contributed by atoms with E-state index in [-0.39, 0.29) is 12.1 Å². The fourth-order valence-corrected chi connectivity index (χ4v) is 3.01. The lowest BCUT2D eigenvalue weighted by Crippen LogP contribution is -2.15. The van der Waals surface area contributed by atoms with Crippen LogP contribution in [0.25, 0.3) is 0 Å². The summed E-state index contributed by atoms with van der Waals surface area (Å²) in [7, 11) is -3.33. The third kappa shape index (κ3) is 10.6. The van der Waals surface area contributed by atoms with Gasteiger partial charge in [0.15, 0.2) is 0 Å². The van der Waals surface area contributed by atoms with Gasteiger partial charge in [0.25, 0.3) is 0 Å². The zero-order chi connectivity index (χ0) is 16.1. The first kappa shape index (κ1) is 20.3. The number of carbonyl (C=O) groups is 1. The molecule has 0 aliphatic heterocycles. The van der Waals surface area contributed by atoms with Crippen molar-refractivity contribution in [2.24, 2.45) is 4.99 Å². The van der Waals surface area contributed by atoms with Crippen molar-refractivity contribution >= 4 is 19.4 Å². The highest BCUT2D eigenvalue weighted by atomic mass is 31.2. The Morgan fingerprint density at radius 3 is 1.95 bits per heavy atom. The summed E-state index contributed by atoms with van der Waals surface area (Å²) in [5.74, 6) is -0.284. The molecule has 0 unspecified atom stereocenters. The van der Waals surface area contributed by atoms with Crippen molar-refractivity contribution in [1.82, 2.24) is 0 Å². The van der Waals surface area contributed by atoms with Crippen molar-refractivity contribution in [3.8, 4) is 0 Å². The fourth-order valence-electron chi connectivity index (χ4n) is 1.45. The Morgan fingerprint density at radius 1 is 1.05 bits per heavy atom. The minimum Gasteiger partial charge on any atom is -0.480 e. The van der Waals surface area contributed by atoms with E-state index < -0.39 is 13.5 Å². The monoisotopic (exact) mass is 321 g/mol. The molecule has 0 saturated heterocycles. The second-order valence-electron chi connectivity index (χ2n) is 4.60. The molecule has 0 aromatic carbocycles. The van der Waals surface area contributed by atoms with E-state index in [0.717, 1.165) is 25.7 Å². The molecule has 0 N–H and O–H groups in total. The van der Waals surface area contributed by atoms with Gasteiger partial charge in [-0.15, -0.1) is 0 Å². The molecule has 7 heteroatoms. The first-order chi connectivity index (χ1) is 9.97. The standard InChI is InChI=1S/C14H28NO5P/c1-5-8-10-19-21(17,20-11-9-6-2)12-14(18-7-3)15-13(4)16/h5-12H2,1-4H3. The Bertz CT molecular complexity index is 356. The number of carbonyl (C=O) groups excluding carboxylic acids is 1. The molecular weight excluding hydrogens is 293 g/mol. The molecule has 0 aliphatic carbocycles. The average molecular weight is 321 g/mol. The van der Waals surface area contributed by atoms with Crippen LogP contribution in [0.1, 0.15) is 53.4 Å². The number of hydrogen-bond acceptors (Lipinski definition) is 5. The van der Waals surface area contributed by atoms with Crippen molar-refractivity contribution in [3.63, 3.8) is 0 Å². The number of unbranched alkanes of at least 4 members (excludes halogenated alkanes) is 2. The molecule has 0 rings (SSSR count). The van der Waals surface area contributed by atoms with Gasteiger partial charge >= 0.3 is 7.60 Å². The Labute approximate surface area is 127 Å². The number of rotatable bonds is 11. The van der Waals surface area contributed by atoms with E-state index in [4.69, 9.17) is 13.8 Å². The van der Waals surface area contributed by atoms with Gasteiger partial charge in [-0.3, -0.25) is 9.36 Å². The Morgan fingerprint density at radius 2 is 1.57 bits per heavy atom. The number of nitrogens with zero attached hydrogens (tertiary/aromatic N) is 1. The minimum absolute atomic E-state index is 0.103. The van der Waals surface area contributed by atoms with Gasteiger partial charge in [0.2, 0.25) is 11.8 Å². The first-order valence-electron chi connectivity index (χ1n) is 7.56. The summed E-state index contributed by atoms with van der Waals surface area (Å²) in [5, 5.41) is 0. The van der Waals surface area contributed by atoms with E-state index in [0.29, 0.717) is 19.8 Å². The number of aliphatic imine (C=N–C) groups is 1. The summed E-state index contributed by atoms with van der Waals surface area (Å²) in [5.41, 5.74) is 0. The van der Waals surface area contributed by atoms with Gasteiger partial charge in [-0.1, -0.05) is 26.7 Å². The first-order valence-corrected chi connectivity index (χ1v) is 9.29. The zero-order valence-corrected chi connectivity index (χ0v) is 14.5. The van der Waals surface area contributed by atoms with E-state index in [1.807, 2.05) is 13.8 Å². The summed E-state index contributed by atoms with van der Waals surface area (Å²) in [4.78, 5) is 14.8. The highest BCUT2D eigenvalue weighted by molar-refractivity contribution is 7.54. The molecule has 0 spiro atoms. The van der Waals surface area contributed by atoms with Crippen LogP contribution in [0.2, 0.25) is 0 Å². The van der Waals surface area contributed by atoms with E-state index in [9.17, 15) is 9.36 Å². The van der Waals surface area contributed by atoms with Crippen molar-refractivity contribution < 1.29 is 23.1 Å². The lowest BCUT2D eigenvalue weighted by atomic mass is 10.4. The van der Waals surface area contributed by atoms with Gasteiger partial charge in [0.1, 0.15) is 6.16 Å². The molecule has 1 amide bonds. The largest absolute Gasteiger partial charge is 0.480 e. The second-order valence-corrected chi connectivity index (χ2v) is 6.65. The Balaban J connectivity index is 4.81. The smallest absolute Gasteiger partial charge is 0.339 e. The van der Waals surface area contributed by atoms with Crippen molar-refractivity contribution in [2.45, 2.75) is 53.4 Å². The maximum absolute atomic E-state index is 12.7. The molecule has 0 fully saturated rings. The summed E-state index contributed by atoms with van der Waals surface area (Å²) in [6.07, 6.45) is 3.38. The summed E-state index contributed by atoms with van der Waals surface area (Å²) >= 11 is 0. The zero-order valence-electron chi connectivity index (χ0n) is 13.6. The van der Waals surface area contributed by atoms with Gasteiger partial charge < -0.3 is 13.8 Å². The Hall–Kier alpha value is -0.710. The third-order valence-electron chi connectivity index (χ3n) is 2.49. The third-order valence-corrected chi connectivity index (χ3v) is 4.30. The van der Waals surface area contributed by atoms with Crippen LogP contribution in [0.5, 0.6) is 0 Å². The van der Waals surface area contributed by atoms with Crippen LogP contribution < -0.4 is 0 Å². The van der Waals surface area contributed by atoms with E-state index in [1.165, 1.54) is 6.92 Å². The van der Waals surface area contributed by atoms with Crippen molar-refractivity contribution in [2.75, 3.05) is 26.0 Å². The highest BCUT2D eigenvalue weighted by Crippen LogP contribution is 2.48. The van der Waals surface area contributed by atoms with Crippen molar-refractivity contribution in [1.29, 1.82) is 0 Å². The van der Waals surface area contributed by atoms with Gasteiger partial charge in [0, 0.05) is 6.92 Å². The van der Waals surface area contributed by atoms with Crippen LogP contribution in [0.3, 0.4) is 0 Å². The molecule has 0 saturated carbocycles. The molecule has 0 radical (unpaired) electrons. The molecule has 124 valence electrons. The normalized spacial score (nSPS) is 12.5. The van der Waals surface area contributed by atoms with Gasteiger partial charge in [-0.05, 0) is 19.8 Å². The van der Waals surface area contributed by atoms with Gasteiger partial charge in [0.05, 0.1) is 19.8 Å². The van der Waals surface area contributed by atoms with Gasteiger partial charge in [-0.2, -0.15) is 4.99 Å². The summed E-state index contributed by atoms with van der Waals surface area (Å²) in [6, 6.07) is 0. The molecule has 0 aliphatic rings. The van der Waals surface area contributed by atoms with Crippen LogP contribution in [0.15, 0.2) is 4.99 Å². The molecule has 21 heavy (non-hydrogen) atoms. The lowest BCUT2D eigenvalue weighted by molar-refractivity contribution is -0.115. The van der Waals surface area contributed by atoms with Crippen LogP contribution in [-0.4, -0.2) is 37.8 Å². The van der Waals surface area contributed by atoms with Crippen LogP contribution in [0, 0.1) is 0 Å². The quantitative estimate of drug-likeness (QED) is 0.250. The van der Waals surface area contributed by atoms with Crippen LogP contribution in [-0.2, 0) is 23.1 Å². The highest BCUT2D eigenvalue weighted by Gasteiger charge is 2.28. The molecule has 0 aromatic rings. The number of hydrogen-bond donors (Lipinski definition) is 0. The molecular formula is C14H28NO5P. The predicted molar refractivity (Wildman–Crippen MR) is 83.9 cm³/mol. The average Bonchev–Trinajstić information content (AvgIpc) is 2.39. The van der Waals surface area contributed by atoms with E-state index in [2.05, 4.69) is 4.99 Å². The van der Waals surface area contributed by atoms with Gasteiger partial charge in [-0.25, -0.2) is 0 Å². The second kappa shape index (κ2) is 11.9. The van der Waals surface area contributed by atoms with Crippen LogP contribution >= 0.6 is 7.60 Å². The minimum atomic E-state index is -3.33. The van der Waals surface area contributed by atoms with Crippen LogP contribution in [0.4, 0.5) is 0 Å². The molecule has 0 heterocycles. The molecule has 0 atom stereocenters. The van der Waals surface area contributed by atoms with E-state index in [1.54, 1.807) is 6.92 Å². The number of amides is 1. The number of ether oxygens (including phenoxy) is 1. The van der Waals surface area contributed by atoms with Crippen molar-refractivity contribution in [3.05, 3.63) is 0 Å². The molecule has 6 nitrogen and oxygen atoms in total. The summed E-state index contributed by atoms with van der Waals surface area (Å²) in [6.45, 7) is 8.20.